The van der Waals surface area contributed by atoms with Crippen LogP contribution in [-0.2, 0) is 4.79 Å². The summed E-state index contributed by atoms with van der Waals surface area (Å²) in [5.74, 6) is -1.30. The molecule has 4 nitrogen and oxygen atoms in total. The zero-order chi connectivity index (χ0) is 13.4. The molecule has 1 aliphatic rings. The number of carbonyl (C=O) groups excluding carboxylic acids is 3. The molecule has 0 atom stereocenters. The van der Waals surface area contributed by atoms with Crippen molar-refractivity contribution in [1.29, 1.82) is 0 Å². The number of hydrogen-bond acceptors (Lipinski definition) is 4. The van der Waals surface area contributed by atoms with Crippen LogP contribution in [-0.4, -0.2) is 17.5 Å². The van der Waals surface area contributed by atoms with Crippen molar-refractivity contribution in [3.63, 3.8) is 0 Å². The molecule has 0 unspecified atom stereocenters. The first-order valence-electron chi connectivity index (χ1n) is 5.20. The van der Waals surface area contributed by atoms with Crippen LogP contribution in [0.3, 0.4) is 0 Å². The van der Waals surface area contributed by atoms with Gasteiger partial charge >= 0.3 is 5.97 Å². The van der Waals surface area contributed by atoms with E-state index in [-0.39, 0.29) is 27.5 Å². The Labute approximate surface area is 108 Å². The molecule has 2 rings (SSSR count). The number of esters is 1. The lowest BCUT2D eigenvalue weighted by Crippen LogP contribution is -2.20. The van der Waals surface area contributed by atoms with Gasteiger partial charge in [0.15, 0.2) is 5.78 Å². The van der Waals surface area contributed by atoms with Crippen LogP contribution in [0.4, 0.5) is 0 Å². The normalized spacial score (nSPS) is 14.6. The summed E-state index contributed by atoms with van der Waals surface area (Å²) in [6, 6.07) is 4.49. The van der Waals surface area contributed by atoms with E-state index in [2.05, 4.69) is 0 Å². The van der Waals surface area contributed by atoms with E-state index < -0.39 is 17.5 Å². The van der Waals surface area contributed by atoms with Crippen molar-refractivity contribution in [3.05, 3.63) is 39.9 Å². The number of ether oxygens (including phenoxy) is 1. The number of benzene rings is 1. The number of allylic oxidation sites excluding steroid dienone is 2. The number of ketones is 2. The second kappa shape index (κ2) is 4.38. The number of fused-ring (bicyclic) bond motifs is 1. The van der Waals surface area contributed by atoms with Crippen LogP contribution in [0, 0.1) is 0 Å². The summed E-state index contributed by atoms with van der Waals surface area (Å²) < 4.78 is 4.94. The Bertz CT molecular complexity index is 613. The highest BCUT2D eigenvalue weighted by molar-refractivity contribution is 6.50. The summed E-state index contributed by atoms with van der Waals surface area (Å²) in [7, 11) is 0. The average Bonchev–Trinajstić information content (AvgIpc) is 2.32. The predicted molar refractivity (Wildman–Crippen MR) is 65.0 cm³/mol. The standard InChI is InChI=1S/C13H9ClO4/c1-6-11(14)13(17)8-4-3-5-9(18-7(2)15)10(8)12(6)16/h3-5H,1-2H3. The molecule has 0 saturated heterocycles. The van der Waals surface area contributed by atoms with Crippen molar-refractivity contribution in [3.8, 4) is 5.75 Å². The fourth-order valence-corrected chi connectivity index (χ4v) is 1.96. The molecule has 1 aromatic rings. The van der Waals surface area contributed by atoms with E-state index in [1.807, 2.05) is 0 Å². The molecule has 18 heavy (non-hydrogen) atoms. The summed E-state index contributed by atoms with van der Waals surface area (Å²) in [5, 5.41) is -0.0903. The molecule has 0 bridgehead atoms. The summed E-state index contributed by atoms with van der Waals surface area (Å²) >= 11 is 5.80. The average molecular weight is 265 g/mol. The van der Waals surface area contributed by atoms with E-state index in [0.29, 0.717) is 0 Å². The van der Waals surface area contributed by atoms with Crippen LogP contribution in [0.2, 0.25) is 0 Å². The molecule has 92 valence electrons. The second-order valence-electron chi connectivity index (χ2n) is 3.87. The minimum absolute atomic E-state index is 0.0851. The number of carbonyl (C=O) groups is 3. The highest BCUT2D eigenvalue weighted by Gasteiger charge is 2.31. The van der Waals surface area contributed by atoms with Crippen molar-refractivity contribution in [2.24, 2.45) is 0 Å². The Morgan fingerprint density at radius 1 is 1.22 bits per heavy atom. The van der Waals surface area contributed by atoms with Crippen LogP contribution in [0.15, 0.2) is 28.8 Å². The molecular weight excluding hydrogens is 256 g/mol. The summed E-state index contributed by atoms with van der Waals surface area (Å²) in [4.78, 5) is 35.0. The molecular formula is C13H9ClO4. The van der Waals surface area contributed by atoms with E-state index in [0.717, 1.165) is 0 Å². The number of rotatable bonds is 1. The molecule has 5 heteroatoms. The largest absolute Gasteiger partial charge is 0.426 e. The Kier molecular flexibility index (Phi) is 3.05. The fraction of sp³-hybridized carbons (Fsp3) is 0.154. The molecule has 0 saturated carbocycles. The van der Waals surface area contributed by atoms with E-state index in [9.17, 15) is 14.4 Å². The summed E-state index contributed by atoms with van der Waals surface area (Å²) in [6.45, 7) is 2.69. The molecule has 0 aliphatic heterocycles. The number of halogens is 1. The van der Waals surface area contributed by atoms with Gasteiger partial charge in [-0.05, 0) is 19.1 Å². The Morgan fingerprint density at radius 2 is 1.89 bits per heavy atom. The maximum absolute atomic E-state index is 12.1. The van der Waals surface area contributed by atoms with Gasteiger partial charge in [-0.25, -0.2) is 0 Å². The van der Waals surface area contributed by atoms with Gasteiger partial charge < -0.3 is 4.74 Å². The second-order valence-corrected chi connectivity index (χ2v) is 4.25. The lowest BCUT2D eigenvalue weighted by molar-refractivity contribution is -0.131. The molecule has 0 aromatic heterocycles. The number of hydrogen-bond donors (Lipinski definition) is 0. The SMILES string of the molecule is CC(=O)Oc1cccc2c1C(=O)C(C)=C(Cl)C2=O. The van der Waals surface area contributed by atoms with Gasteiger partial charge in [-0.3, -0.25) is 14.4 Å². The molecule has 1 aliphatic carbocycles. The third-order valence-corrected chi connectivity index (χ3v) is 3.08. The van der Waals surface area contributed by atoms with Gasteiger partial charge in [0.2, 0.25) is 5.78 Å². The Balaban J connectivity index is 2.67. The molecule has 0 amide bonds. The highest BCUT2D eigenvalue weighted by Crippen LogP contribution is 2.33. The third-order valence-electron chi connectivity index (χ3n) is 2.62. The van der Waals surface area contributed by atoms with Crippen molar-refractivity contribution >= 4 is 29.1 Å². The van der Waals surface area contributed by atoms with Gasteiger partial charge in [0.05, 0.1) is 10.6 Å². The van der Waals surface area contributed by atoms with Gasteiger partial charge in [0.1, 0.15) is 5.75 Å². The van der Waals surface area contributed by atoms with Gasteiger partial charge in [-0.2, -0.15) is 0 Å². The minimum Gasteiger partial charge on any atom is -0.426 e. The summed E-state index contributed by atoms with van der Waals surface area (Å²) in [6.07, 6.45) is 0. The maximum atomic E-state index is 12.1. The smallest absolute Gasteiger partial charge is 0.308 e. The van der Waals surface area contributed by atoms with Gasteiger partial charge in [0, 0.05) is 18.1 Å². The molecule has 0 heterocycles. The lowest BCUT2D eigenvalue weighted by atomic mass is 9.89. The van der Waals surface area contributed by atoms with Gasteiger partial charge in [-0.15, -0.1) is 0 Å². The number of Topliss-reactive ketones (excluding diaryl/α,β-unsaturated/α-hetero) is 2. The van der Waals surface area contributed by atoms with Crippen LogP contribution < -0.4 is 4.74 Å². The maximum Gasteiger partial charge on any atom is 0.308 e. The Hall–Kier alpha value is -1.94. The first-order valence-corrected chi connectivity index (χ1v) is 5.58. The topological polar surface area (TPSA) is 60.4 Å². The molecule has 0 N–H and O–H groups in total. The van der Waals surface area contributed by atoms with Crippen molar-refractivity contribution < 1.29 is 19.1 Å². The third kappa shape index (κ3) is 1.84. The minimum atomic E-state index is -0.554. The first kappa shape index (κ1) is 12.5. The molecule has 0 fully saturated rings. The van der Waals surface area contributed by atoms with Crippen molar-refractivity contribution in [2.75, 3.05) is 0 Å². The zero-order valence-corrected chi connectivity index (χ0v) is 10.5. The highest BCUT2D eigenvalue weighted by atomic mass is 35.5. The van der Waals surface area contributed by atoms with Crippen LogP contribution in [0.5, 0.6) is 5.75 Å². The molecule has 1 aromatic carbocycles. The zero-order valence-electron chi connectivity index (χ0n) is 9.74. The van der Waals surface area contributed by atoms with E-state index in [4.69, 9.17) is 16.3 Å². The first-order chi connectivity index (χ1) is 8.43. The van der Waals surface area contributed by atoms with Crippen LogP contribution in [0.25, 0.3) is 0 Å². The Morgan fingerprint density at radius 3 is 2.50 bits per heavy atom. The van der Waals surface area contributed by atoms with Crippen molar-refractivity contribution in [1.82, 2.24) is 0 Å². The van der Waals surface area contributed by atoms with Crippen LogP contribution >= 0.6 is 11.6 Å². The van der Waals surface area contributed by atoms with E-state index in [1.165, 1.54) is 32.0 Å². The van der Waals surface area contributed by atoms with E-state index >= 15 is 0 Å². The van der Waals surface area contributed by atoms with Gasteiger partial charge in [0.25, 0.3) is 0 Å². The molecule has 0 radical (unpaired) electrons. The fourth-order valence-electron chi connectivity index (χ4n) is 1.77. The van der Waals surface area contributed by atoms with Gasteiger partial charge in [-0.1, -0.05) is 17.7 Å². The van der Waals surface area contributed by atoms with Crippen LogP contribution in [0.1, 0.15) is 34.6 Å². The predicted octanol–water partition coefficient (Wildman–Crippen LogP) is 2.50. The monoisotopic (exact) mass is 264 g/mol. The van der Waals surface area contributed by atoms with Crippen molar-refractivity contribution in [2.45, 2.75) is 13.8 Å². The quantitative estimate of drug-likeness (QED) is 0.578. The summed E-state index contributed by atoms with van der Waals surface area (Å²) in [5.41, 5.74) is 0.419. The molecule has 0 spiro atoms. The lowest BCUT2D eigenvalue weighted by Gasteiger charge is -2.17. The van der Waals surface area contributed by atoms with E-state index in [1.54, 1.807) is 0 Å².